The number of hydrogen-bond donors (Lipinski definition) is 3. The third kappa shape index (κ3) is 4.87. The lowest BCUT2D eigenvalue weighted by Gasteiger charge is -2.09. The van der Waals surface area contributed by atoms with Crippen molar-refractivity contribution in [2.45, 2.75) is 19.8 Å². The fraction of sp³-hybridized carbons (Fsp3) is 0.545. The molecule has 1 aromatic rings. The maximum absolute atomic E-state index is 11.1. The van der Waals surface area contributed by atoms with Gasteiger partial charge in [0.2, 0.25) is 11.9 Å². The van der Waals surface area contributed by atoms with Crippen LogP contribution in [-0.4, -0.2) is 36.0 Å². The smallest absolute Gasteiger partial charge is 0.224 e. The van der Waals surface area contributed by atoms with Gasteiger partial charge in [0.05, 0.1) is 4.47 Å². The molecule has 0 saturated heterocycles. The van der Waals surface area contributed by atoms with Crippen molar-refractivity contribution >= 4 is 33.6 Å². The Kier molecular flexibility index (Phi) is 6.42. The Labute approximate surface area is 115 Å². The van der Waals surface area contributed by atoms with Crippen LogP contribution in [0.3, 0.4) is 0 Å². The van der Waals surface area contributed by atoms with E-state index in [1.807, 2.05) is 0 Å². The van der Waals surface area contributed by atoms with Crippen molar-refractivity contribution in [2.24, 2.45) is 0 Å². The maximum atomic E-state index is 11.1. The summed E-state index contributed by atoms with van der Waals surface area (Å²) in [6.45, 7) is 3.44. The lowest BCUT2D eigenvalue weighted by Crippen LogP contribution is -2.21. The molecule has 18 heavy (non-hydrogen) atoms. The molecule has 0 aliphatic carbocycles. The van der Waals surface area contributed by atoms with E-state index in [9.17, 15) is 4.79 Å². The van der Waals surface area contributed by atoms with E-state index in [0.717, 1.165) is 17.4 Å². The predicted octanol–water partition coefficient (Wildman–Crippen LogP) is 1.61. The van der Waals surface area contributed by atoms with E-state index >= 15 is 0 Å². The van der Waals surface area contributed by atoms with Gasteiger partial charge in [-0.2, -0.15) is 4.98 Å². The first kappa shape index (κ1) is 14.7. The maximum Gasteiger partial charge on any atom is 0.224 e. The van der Waals surface area contributed by atoms with Crippen molar-refractivity contribution in [3.8, 4) is 0 Å². The van der Waals surface area contributed by atoms with E-state index in [0.29, 0.717) is 24.7 Å². The molecule has 1 amide bonds. The quantitative estimate of drug-likeness (QED) is 0.712. The number of halogens is 1. The molecule has 7 heteroatoms. The Morgan fingerprint density at radius 3 is 2.83 bits per heavy atom. The van der Waals surface area contributed by atoms with E-state index in [2.05, 4.69) is 48.8 Å². The second kappa shape index (κ2) is 7.86. The highest BCUT2D eigenvalue weighted by molar-refractivity contribution is 9.10. The predicted molar refractivity (Wildman–Crippen MR) is 75.7 cm³/mol. The van der Waals surface area contributed by atoms with Gasteiger partial charge in [-0.1, -0.05) is 6.92 Å². The van der Waals surface area contributed by atoms with Gasteiger partial charge < -0.3 is 16.0 Å². The normalized spacial score (nSPS) is 9.94. The van der Waals surface area contributed by atoms with Gasteiger partial charge in [-0.3, -0.25) is 4.79 Å². The molecule has 0 bridgehead atoms. The highest BCUT2D eigenvalue weighted by Crippen LogP contribution is 2.19. The molecule has 100 valence electrons. The van der Waals surface area contributed by atoms with Gasteiger partial charge in [-0.25, -0.2) is 4.98 Å². The van der Waals surface area contributed by atoms with Crippen LogP contribution in [0.5, 0.6) is 0 Å². The first-order chi connectivity index (χ1) is 8.67. The summed E-state index contributed by atoms with van der Waals surface area (Å²) in [5, 5.41) is 8.78. The second-order valence-corrected chi connectivity index (χ2v) is 4.52. The molecule has 0 saturated carbocycles. The first-order valence-electron chi connectivity index (χ1n) is 5.88. The average molecular weight is 316 g/mol. The van der Waals surface area contributed by atoms with Crippen LogP contribution in [0.25, 0.3) is 0 Å². The number of anilines is 2. The number of carbonyl (C=O) groups excluding carboxylic acids is 1. The number of carbonyl (C=O) groups is 1. The van der Waals surface area contributed by atoms with Crippen LogP contribution in [-0.2, 0) is 4.79 Å². The van der Waals surface area contributed by atoms with Gasteiger partial charge in [-0.05, 0) is 22.4 Å². The molecule has 0 spiro atoms. The van der Waals surface area contributed by atoms with Crippen LogP contribution < -0.4 is 16.0 Å². The van der Waals surface area contributed by atoms with E-state index in [1.165, 1.54) is 0 Å². The van der Waals surface area contributed by atoms with Gasteiger partial charge in [0.25, 0.3) is 0 Å². The molecule has 0 aliphatic heterocycles. The standard InChI is InChI=1S/C11H18BrN5O/c1-3-5-15-11-16-7-8(12)10(17-11)14-6-4-9(18)13-2/h7H,3-6H2,1-2H3,(H,13,18)(H2,14,15,16,17). The zero-order valence-corrected chi connectivity index (χ0v) is 12.2. The molecule has 0 atom stereocenters. The highest BCUT2D eigenvalue weighted by Gasteiger charge is 2.05. The topological polar surface area (TPSA) is 78.9 Å². The van der Waals surface area contributed by atoms with Crippen molar-refractivity contribution in [2.75, 3.05) is 30.8 Å². The van der Waals surface area contributed by atoms with Crippen LogP contribution in [0, 0.1) is 0 Å². The molecule has 0 aromatic carbocycles. The number of nitrogens with zero attached hydrogens (tertiary/aromatic N) is 2. The van der Waals surface area contributed by atoms with Gasteiger partial charge >= 0.3 is 0 Å². The van der Waals surface area contributed by atoms with Crippen LogP contribution >= 0.6 is 15.9 Å². The molecule has 1 aromatic heterocycles. The zero-order valence-electron chi connectivity index (χ0n) is 10.6. The molecular weight excluding hydrogens is 298 g/mol. The highest BCUT2D eigenvalue weighted by atomic mass is 79.9. The molecule has 0 radical (unpaired) electrons. The third-order valence-corrected chi connectivity index (χ3v) is 2.78. The van der Waals surface area contributed by atoms with Gasteiger partial charge in [-0.15, -0.1) is 0 Å². The van der Waals surface area contributed by atoms with Gasteiger partial charge in [0.1, 0.15) is 5.82 Å². The van der Waals surface area contributed by atoms with Crippen molar-refractivity contribution in [3.05, 3.63) is 10.7 Å². The van der Waals surface area contributed by atoms with Gasteiger partial charge in [0, 0.05) is 32.8 Å². The summed E-state index contributed by atoms with van der Waals surface area (Å²) < 4.78 is 0.779. The van der Waals surface area contributed by atoms with E-state index < -0.39 is 0 Å². The Balaban J connectivity index is 2.55. The largest absolute Gasteiger partial charge is 0.368 e. The minimum Gasteiger partial charge on any atom is -0.368 e. The number of nitrogens with one attached hydrogen (secondary N) is 3. The second-order valence-electron chi connectivity index (χ2n) is 3.67. The molecule has 0 fully saturated rings. The molecule has 1 heterocycles. The summed E-state index contributed by atoms with van der Waals surface area (Å²) in [7, 11) is 1.62. The number of aromatic nitrogens is 2. The summed E-state index contributed by atoms with van der Waals surface area (Å²) in [6, 6.07) is 0. The van der Waals surface area contributed by atoms with Gasteiger partial charge in [0.15, 0.2) is 0 Å². The van der Waals surface area contributed by atoms with Crippen LogP contribution in [0.2, 0.25) is 0 Å². The Bertz CT molecular complexity index is 399. The molecular formula is C11H18BrN5O. The number of rotatable bonds is 7. The number of hydrogen-bond acceptors (Lipinski definition) is 5. The lowest BCUT2D eigenvalue weighted by molar-refractivity contribution is -0.120. The van der Waals surface area contributed by atoms with E-state index in [1.54, 1.807) is 13.2 Å². The lowest BCUT2D eigenvalue weighted by atomic mass is 10.4. The van der Waals surface area contributed by atoms with Crippen LogP contribution in [0.1, 0.15) is 19.8 Å². The Morgan fingerprint density at radius 1 is 1.39 bits per heavy atom. The minimum atomic E-state index is -0.00277. The van der Waals surface area contributed by atoms with E-state index in [-0.39, 0.29) is 5.91 Å². The molecule has 0 aliphatic rings. The summed E-state index contributed by atoms with van der Waals surface area (Å²) in [5.74, 6) is 1.27. The average Bonchev–Trinajstić information content (AvgIpc) is 2.39. The number of amides is 1. The fourth-order valence-electron chi connectivity index (χ4n) is 1.23. The first-order valence-corrected chi connectivity index (χ1v) is 6.67. The molecule has 1 rings (SSSR count). The minimum absolute atomic E-state index is 0.00277. The monoisotopic (exact) mass is 315 g/mol. The van der Waals surface area contributed by atoms with Crippen LogP contribution in [0.15, 0.2) is 10.7 Å². The zero-order chi connectivity index (χ0) is 13.4. The van der Waals surface area contributed by atoms with E-state index in [4.69, 9.17) is 0 Å². The van der Waals surface area contributed by atoms with Crippen molar-refractivity contribution in [3.63, 3.8) is 0 Å². The summed E-state index contributed by atoms with van der Waals surface area (Å²) >= 11 is 3.37. The SMILES string of the molecule is CCCNc1ncc(Br)c(NCCC(=O)NC)n1. The third-order valence-electron chi connectivity index (χ3n) is 2.20. The van der Waals surface area contributed by atoms with Crippen molar-refractivity contribution in [1.29, 1.82) is 0 Å². The molecule has 3 N–H and O–H groups in total. The summed E-state index contributed by atoms with van der Waals surface area (Å²) in [5.41, 5.74) is 0. The van der Waals surface area contributed by atoms with Crippen molar-refractivity contribution < 1.29 is 4.79 Å². The molecule has 0 unspecified atom stereocenters. The Hall–Kier alpha value is -1.37. The summed E-state index contributed by atoms with van der Waals surface area (Å²) in [6.07, 6.45) is 3.11. The van der Waals surface area contributed by atoms with Crippen LogP contribution in [0.4, 0.5) is 11.8 Å². The Morgan fingerprint density at radius 2 is 2.17 bits per heavy atom. The fourth-order valence-corrected chi connectivity index (χ4v) is 1.56. The molecule has 6 nitrogen and oxygen atoms in total. The van der Waals surface area contributed by atoms with Crippen molar-refractivity contribution in [1.82, 2.24) is 15.3 Å². The summed E-state index contributed by atoms with van der Waals surface area (Å²) in [4.78, 5) is 19.6.